The van der Waals surface area contributed by atoms with Gasteiger partial charge in [-0.1, -0.05) is 75.2 Å². The number of amides is 2. The minimum atomic E-state index is -0.608. The molecule has 3 rings (SSSR count). The number of anilines is 1. The van der Waals surface area contributed by atoms with E-state index in [1.54, 1.807) is 6.20 Å². The Labute approximate surface area is 184 Å². The van der Waals surface area contributed by atoms with Crippen LogP contribution in [0.15, 0.2) is 66.9 Å². The average Bonchev–Trinajstić information content (AvgIpc) is 2.80. The number of nitrogens with one attached hydrogen (secondary N) is 2. The van der Waals surface area contributed by atoms with Crippen LogP contribution >= 0.6 is 0 Å². The number of hydrogen-bond donors (Lipinski definition) is 2. The van der Waals surface area contributed by atoms with E-state index in [0.29, 0.717) is 18.5 Å². The van der Waals surface area contributed by atoms with Crippen LogP contribution < -0.4 is 10.6 Å². The van der Waals surface area contributed by atoms with Gasteiger partial charge in [-0.3, -0.25) is 14.6 Å². The number of rotatable bonds is 10. The number of aromatic nitrogens is 1. The fraction of sp³-hybridized carbons (Fsp3) is 0.346. The summed E-state index contributed by atoms with van der Waals surface area (Å²) >= 11 is 0. The molecule has 0 saturated heterocycles. The Morgan fingerprint density at radius 1 is 0.968 bits per heavy atom. The predicted octanol–water partition coefficient (Wildman–Crippen LogP) is 5.12. The molecule has 0 aliphatic heterocycles. The van der Waals surface area contributed by atoms with Crippen LogP contribution in [0.2, 0.25) is 0 Å². The molecule has 2 amide bonds. The molecule has 1 aromatic heterocycles. The van der Waals surface area contributed by atoms with Crippen LogP contribution in [0, 0.1) is 5.92 Å². The second-order valence-corrected chi connectivity index (χ2v) is 8.03. The van der Waals surface area contributed by atoms with Crippen molar-refractivity contribution in [1.82, 2.24) is 10.3 Å². The molecular formula is C26H31N3O2. The van der Waals surface area contributed by atoms with Crippen molar-refractivity contribution < 1.29 is 9.59 Å². The van der Waals surface area contributed by atoms with Gasteiger partial charge in [-0.2, -0.15) is 0 Å². The number of aryl methyl sites for hydroxylation is 1. The lowest BCUT2D eigenvalue weighted by Crippen LogP contribution is -2.46. The first kappa shape index (κ1) is 22.5. The predicted molar refractivity (Wildman–Crippen MR) is 126 cm³/mol. The lowest BCUT2D eigenvalue weighted by Gasteiger charge is -2.21. The third-order valence-electron chi connectivity index (χ3n) is 5.49. The van der Waals surface area contributed by atoms with Crippen molar-refractivity contribution >= 4 is 28.4 Å². The van der Waals surface area contributed by atoms with Crippen LogP contribution in [0.25, 0.3) is 10.9 Å². The van der Waals surface area contributed by atoms with Gasteiger partial charge < -0.3 is 10.6 Å². The minimum absolute atomic E-state index is 0.0710. The van der Waals surface area contributed by atoms with Gasteiger partial charge in [-0.05, 0) is 37.0 Å². The van der Waals surface area contributed by atoms with Gasteiger partial charge in [0.1, 0.15) is 6.04 Å². The van der Waals surface area contributed by atoms with Crippen molar-refractivity contribution in [1.29, 1.82) is 0 Å². The van der Waals surface area contributed by atoms with Crippen molar-refractivity contribution in [3.63, 3.8) is 0 Å². The second-order valence-electron chi connectivity index (χ2n) is 8.03. The smallest absolute Gasteiger partial charge is 0.247 e. The van der Waals surface area contributed by atoms with Gasteiger partial charge in [-0.25, -0.2) is 0 Å². The van der Waals surface area contributed by atoms with Gasteiger partial charge in [0.2, 0.25) is 11.8 Å². The van der Waals surface area contributed by atoms with E-state index in [-0.39, 0.29) is 17.7 Å². The topological polar surface area (TPSA) is 71.1 Å². The van der Waals surface area contributed by atoms with Crippen molar-refractivity contribution in [2.75, 3.05) is 5.32 Å². The number of carbonyl (C=O) groups is 2. The molecular weight excluding hydrogens is 386 g/mol. The van der Waals surface area contributed by atoms with Crippen LogP contribution in [0.5, 0.6) is 0 Å². The highest BCUT2D eigenvalue weighted by atomic mass is 16.2. The molecule has 0 bridgehead atoms. The fourth-order valence-corrected chi connectivity index (χ4v) is 3.55. The molecule has 2 atom stereocenters. The number of hydrogen-bond acceptors (Lipinski definition) is 3. The number of fused-ring (bicyclic) bond motifs is 1. The molecule has 5 heteroatoms. The summed E-state index contributed by atoms with van der Waals surface area (Å²) in [7, 11) is 0. The highest BCUT2D eigenvalue weighted by Crippen LogP contribution is 2.17. The zero-order chi connectivity index (χ0) is 22.1. The average molecular weight is 418 g/mol. The van der Waals surface area contributed by atoms with E-state index < -0.39 is 6.04 Å². The molecule has 2 unspecified atom stereocenters. The van der Waals surface area contributed by atoms with Crippen molar-refractivity contribution in [3.8, 4) is 0 Å². The maximum atomic E-state index is 13.1. The molecule has 162 valence electrons. The summed E-state index contributed by atoms with van der Waals surface area (Å²) in [6, 6.07) is 19.1. The minimum Gasteiger partial charge on any atom is -0.344 e. The summed E-state index contributed by atoms with van der Waals surface area (Å²) in [5.74, 6) is -0.406. The Morgan fingerprint density at radius 2 is 1.71 bits per heavy atom. The first-order valence-electron chi connectivity index (χ1n) is 11.1. The number of pyridine rings is 1. The Balaban J connectivity index is 1.71. The van der Waals surface area contributed by atoms with E-state index in [4.69, 9.17) is 0 Å². The first-order valence-corrected chi connectivity index (χ1v) is 11.1. The van der Waals surface area contributed by atoms with Gasteiger partial charge in [0.05, 0.1) is 17.4 Å². The third-order valence-corrected chi connectivity index (χ3v) is 5.49. The standard InChI is InChI=1S/C26H31N3O2/c1-3-4-10-19(2)25(30)29-24(16-15-20-11-6-5-7-12-20)26(31)28-22-17-21-13-8-9-14-23(21)27-18-22/h5-9,11-14,17-19,24H,3-4,10,15-16H2,1-2H3,(H,28,31)(H,29,30). The number of unbranched alkanes of at least 4 members (excludes halogenated alkanes) is 1. The van der Waals surface area contributed by atoms with E-state index in [2.05, 4.69) is 22.5 Å². The van der Waals surface area contributed by atoms with Crippen LogP contribution in [-0.2, 0) is 16.0 Å². The SMILES string of the molecule is CCCCC(C)C(=O)NC(CCc1ccccc1)C(=O)Nc1cnc2ccccc2c1. The molecule has 0 radical (unpaired) electrons. The monoisotopic (exact) mass is 417 g/mol. The first-order chi connectivity index (χ1) is 15.1. The lowest BCUT2D eigenvalue weighted by molar-refractivity contribution is -0.129. The summed E-state index contributed by atoms with van der Waals surface area (Å²) in [6.07, 6.45) is 5.76. The Hall–Kier alpha value is -3.21. The maximum absolute atomic E-state index is 13.1. The molecule has 5 nitrogen and oxygen atoms in total. The summed E-state index contributed by atoms with van der Waals surface area (Å²) in [5.41, 5.74) is 2.64. The maximum Gasteiger partial charge on any atom is 0.247 e. The van der Waals surface area contributed by atoms with Gasteiger partial charge in [-0.15, -0.1) is 0 Å². The zero-order valence-corrected chi connectivity index (χ0v) is 18.3. The van der Waals surface area contributed by atoms with E-state index in [1.165, 1.54) is 0 Å². The molecule has 3 aromatic rings. The molecule has 0 aliphatic carbocycles. The van der Waals surface area contributed by atoms with Crippen LogP contribution in [0.1, 0.15) is 45.1 Å². The van der Waals surface area contributed by atoms with Crippen molar-refractivity contribution in [3.05, 3.63) is 72.4 Å². The highest BCUT2D eigenvalue weighted by molar-refractivity contribution is 5.98. The van der Waals surface area contributed by atoms with Gasteiger partial charge >= 0.3 is 0 Å². The number of nitrogens with zero attached hydrogens (tertiary/aromatic N) is 1. The Kier molecular flexibility index (Phi) is 8.16. The summed E-state index contributed by atoms with van der Waals surface area (Å²) in [5, 5.41) is 6.88. The number of benzene rings is 2. The Bertz CT molecular complexity index is 1000. The quantitative estimate of drug-likeness (QED) is 0.481. The van der Waals surface area contributed by atoms with Crippen LogP contribution in [-0.4, -0.2) is 22.8 Å². The van der Waals surface area contributed by atoms with Crippen LogP contribution in [0.3, 0.4) is 0 Å². The zero-order valence-electron chi connectivity index (χ0n) is 18.3. The van der Waals surface area contributed by atoms with E-state index in [0.717, 1.165) is 35.7 Å². The largest absolute Gasteiger partial charge is 0.344 e. The highest BCUT2D eigenvalue weighted by Gasteiger charge is 2.23. The molecule has 1 heterocycles. The number of carbonyl (C=O) groups excluding carboxylic acids is 2. The molecule has 0 spiro atoms. The molecule has 2 aromatic carbocycles. The summed E-state index contributed by atoms with van der Waals surface area (Å²) in [4.78, 5) is 30.2. The second kappa shape index (κ2) is 11.3. The fourth-order valence-electron chi connectivity index (χ4n) is 3.55. The van der Waals surface area contributed by atoms with E-state index in [9.17, 15) is 9.59 Å². The lowest BCUT2D eigenvalue weighted by atomic mass is 10.0. The molecule has 31 heavy (non-hydrogen) atoms. The van der Waals surface area contributed by atoms with Crippen molar-refractivity contribution in [2.45, 2.75) is 52.0 Å². The van der Waals surface area contributed by atoms with Gasteiger partial charge in [0.25, 0.3) is 0 Å². The summed E-state index contributed by atoms with van der Waals surface area (Å²) in [6.45, 7) is 4.03. The number of para-hydroxylation sites is 1. The van der Waals surface area contributed by atoms with E-state index >= 15 is 0 Å². The van der Waals surface area contributed by atoms with Crippen LogP contribution in [0.4, 0.5) is 5.69 Å². The molecule has 0 fully saturated rings. The summed E-state index contributed by atoms with van der Waals surface area (Å²) < 4.78 is 0. The third kappa shape index (κ3) is 6.64. The van der Waals surface area contributed by atoms with Gasteiger partial charge in [0, 0.05) is 11.3 Å². The molecule has 0 saturated carbocycles. The Morgan fingerprint density at radius 3 is 2.48 bits per heavy atom. The van der Waals surface area contributed by atoms with E-state index in [1.807, 2.05) is 67.6 Å². The van der Waals surface area contributed by atoms with Crippen molar-refractivity contribution in [2.24, 2.45) is 5.92 Å². The molecule has 2 N–H and O–H groups in total. The van der Waals surface area contributed by atoms with Gasteiger partial charge in [0.15, 0.2) is 0 Å². The molecule has 0 aliphatic rings. The normalized spacial score (nSPS) is 12.8.